The minimum absolute atomic E-state index is 0.0792. The molecule has 202 valence electrons. The number of amides is 1. The van der Waals surface area contributed by atoms with Crippen LogP contribution in [0, 0.1) is 11.6 Å². The van der Waals surface area contributed by atoms with Crippen molar-refractivity contribution < 1.29 is 18.7 Å². The number of carbonyl (C=O) groups is 1. The van der Waals surface area contributed by atoms with Gasteiger partial charge in [0.2, 0.25) is 0 Å². The molecule has 0 bridgehead atoms. The SMILES string of the molecule is C=CCCCCc1cccc(C(=O)N[C@@H](Cc2cc(F)cc(F)c2)[C@@H](O)CNCc2cccc(CC)c2)c1. The van der Waals surface area contributed by atoms with Crippen LogP contribution in [-0.4, -0.2) is 29.7 Å². The van der Waals surface area contributed by atoms with Gasteiger partial charge in [0.25, 0.3) is 5.91 Å². The number of halogens is 2. The maximum absolute atomic E-state index is 13.8. The van der Waals surface area contributed by atoms with Gasteiger partial charge < -0.3 is 15.7 Å². The van der Waals surface area contributed by atoms with Crippen LogP contribution in [-0.2, 0) is 25.8 Å². The van der Waals surface area contributed by atoms with E-state index < -0.39 is 23.8 Å². The highest BCUT2D eigenvalue weighted by Crippen LogP contribution is 2.14. The molecule has 0 fully saturated rings. The van der Waals surface area contributed by atoms with Gasteiger partial charge >= 0.3 is 0 Å². The first-order chi connectivity index (χ1) is 18.4. The highest BCUT2D eigenvalue weighted by molar-refractivity contribution is 5.94. The van der Waals surface area contributed by atoms with E-state index in [0.29, 0.717) is 17.7 Å². The number of aryl methyl sites for hydroxylation is 2. The van der Waals surface area contributed by atoms with E-state index in [1.807, 2.05) is 36.4 Å². The lowest BCUT2D eigenvalue weighted by atomic mass is 9.99. The molecule has 6 heteroatoms. The second kappa shape index (κ2) is 15.2. The first-order valence-corrected chi connectivity index (χ1v) is 13.3. The van der Waals surface area contributed by atoms with Crippen LogP contribution < -0.4 is 10.6 Å². The highest BCUT2D eigenvalue weighted by atomic mass is 19.1. The van der Waals surface area contributed by atoms with Crippen LogP contribution in [0.15, 0.2) is 79.4 Å². The summed E-state index contributed by atoms with van der Waals surface area (Å²) in [5, 5.41) is 17.2. The largest absolute Gasteiger partial charge is 0.390 e. The van der Waals surface area contributed by atoms with Crippen molar-refractivity contribution in [2.24, 2.45) is 0 Å². The number of aliphatic hydroxyl groups excluding tert-OH is 1. The Bertz CT molecular complexity index is 1180. The fraction of sp³-hybridized carbons (Fsp3) is 0.344. The molecule has 2 atom stereocenters. The molecule has 0 unspecified atom stereocenters. The lowest BCUT2D eigenvalue weighted by Crippen LogP contribution is -2.48. The standard InChI is InChI=1S/C32H38F2N2O2/c1-3-5-6-7-10-24-12-9-14-27(16-24)32(38)36-30(19-26-17-28(33)20-29(34)18-26)31(37)22-35-21-25-13-8-11-23(4-2)15-25/h3,8-9,11-18,20,30-31,35,37H,1,4-7,10,19,21-22H2,2H3,(H,36,38)/t30-,31-/m0/s1. The molecule has 3 rings (SSSR count). The number of carbonyl (C=O) groups excluding carboxylic acids is 1. The highest BCUT2D eigenvalue weighted by Gasteiger charge is 2.23. The van der Waals surface area contributed by atoms with Crippen molar-refractivity contribution in [2.75, 3.05) is 6.54 Å². The average Bonchev–Trinajstić information content (AvgIpc) is 2.90. The Labute approximate surface area is 224 Å². The van der Waals surface area contributed by atoms with Crippen molar-refractivity contribution in [3.8, 4) is 0 Å². The molecule has 0 aliphatic rings. The number of nitrogens with one attached hydrogen (secondary N) is 2. The van der Waals surface area contributed by atoms with E-state index in [4.69, 9.17) is 0 Å². The fourth-order valence-electron chi connectivity index (χ4n) is 4.47. The topological polar surface area (TPSA) is 61.4 Å². The van der Waals surface area contributed by atoms with Crippen molar-refractivity contribution in [3.63, 3.8) is 0 Å². The third-order valence-corrected chi connectivity index (χ3v) is 6.55. The number of unbranched alkanes of at least 4 members (excludes halogenated alkanes) is 2. The van der Waals surface area contributed by atoms with Gasteiger partial charge in [0.05, 0.1) is 12.1 Å². The fourth-order valence-corrected chi connectivity index (χ4v) is 4.47. The van der Waals surface area contributed by atoms with E-state index in [9.17, 15) is 18.7 Å². The molecule has 0 radical (unpaired) electrons. The van der Waals surface area contributed by atoms with Crippen molar-refractivity contribution in [1.29, 1.82) is 0 Å². The minimum atomic E-state index is -0.985. The Morgan fingerprint density at radius 3 is 2.39 bits per heavy atom. The lowest BCUT2D eigenvalue weighted by Gasteiger charge is -2.25. The number of benzene rings is 3. The summed E-state index contributed by atoms with van der Waals surface area (Å²) in [4.78, 5) is 13.2. The summed E-state index contributed by atoms with van der Waals surface area (Å²) >= 11 is 0. The summed E-state index contributed by atoms with van der Waals surface area (Å²) in [6.45, 7) is 6.59. The zero-order valence-corrected chi connectivity index (χ0v) is 22.1. The predicted octanol–water partition coefficient (Wildman–Crippen LogP) is 5.92. The van der Waals surface area contributed by atoms with E-state index in [-0.39, 0.29) is 18.9 Å². The van der Waals surface area contributed by atoms with E-state index >= 15 is 0 Å². The molecular weight excluding hydrogens is 482 g/mol. The van der Waals surface area contributed by atoms with Gasteiger partial charge in [-0.1, -0.05) is 49.4 Å². The number of aliphatic hydroxyl groups is 1. The quantitative estimate of drug-likeness (QED) is 0.172. The smallest absolute Gasteiger partial charge is 0.251 e. The first kappa shape index (κ1) is 29.2. The minimum Gasteiger partial charge on any atom is -0.390 e. The second-order valence-electron chi connectivity index (χ2n) is 9.67. The molecule has 3 aromatic carbocycles. The summed E-state index contributed by atoms with van der Waals surface area (Å²) in [6.07, 6.45) is 5.77. The monoisotopic (exact) mass is 520 g/mol. The summed E-state index contributed by atoms with van der Waals surface area (Å²) in [6, 6.07) is 18.1. The summed E-state index contributed by atoms with van der Waals surface area (Å²) in [7, 11) is 0. The summed E-state index contributed by atoms with van der Waals surface area (Å²) in [5.41, 5.74) is 4.22. The Kier molecular flexibility index (Phi) is 11.7. The zero-order chi connectivity index (χ0) is 27.3. The zero-order valence-electron chi connectivity index (χ0n) is 22.1. The predicted molar refractivity (Wildman–Crippen MR) is 149 cm³/mol. The van der Waals surface area contributed by atoms with Crippen molar-refractivity contribution in [1.82, 2.24) is 10.6 Å². The Hall–Kier alpha value is -3.35. The number of hydrogen-bond donors (Lipinski definition) is 3. The maximum Gasteiger partial charge on any atom is 0.251 e. The van der Waals surface area contributed by atoms with E-state index in [0.717, 1.165) is 49.3 Å². The van der Waals surface area contributed by atoms with Crippen LogP contribution in [0.5, 0.6) is 0 Å². The number of allylic oxidation sites excluding steroid dienone is 1. The lowest BCUT2D eigenvalue weighted by molar-refractivity contribution is 0.0829. The molecule has 1 amide bonds. The van der Waals surface area contributed by atoms with Gasteiger partial charge in [-0.2, -0.15) is 0 Å². The normalized spacial score (nSPS) is 12.6. The molecule has 3 N–H and O–H groups in total. The molecule has 0 aliphatic carbocycles. The van der Waals surface area contributed by atoms with Gasteiger partial charge in [0.15, 0.2) is 0 Å². The Morgan fingerprint density at radius 2 is 1.66 bits per heavy atom. The summed E-state index contributed by atoms with van der Waals surface area (Å²) < 4.78 is 27.7. The molecule has 0 saturated heterocycles. The van der Waals surface area contributed by atoms with Crippen LogP contribution in [0.3, 0.4) is 0 Å². The Morgan fingerprint density at radius 1 is 0.947 bits per heavy atom. The van der Waals surface area contributed by atoms with Crippen LogP contribution in [0.4, 0.5) is 8.78 Å². The number of hydrogen-bond acceptors (Lipinski definition) is 3. The van der Waals surface area contributed by atoms with Gasteiger partial charge in [-0.15, -0.1) is 6.58 Å². The van der Waals surface area contributed by atoms with Gasteiger partial charge in [-0.05, 0) is 85.0 Å². The third kappa shape index (κ3) is 9.51. The molecule has 4 nitrogen and oxygen atoms in total. The molecule has 0 heterocycles. The van der Waals surface area contributed by atoms with E-state index in [2.05, 4.69) is 36.3 Å². The van der Waals surface area contributed by atoms with Gasteiger partial charge in [-0.25, -0.2) is 8.78 Å². The van der Waals surface area contributed by atoms with Gasteiger partial charge in [0, 0.05) is 24.7 Å². The van der Waals surface area contributed by atoms with Crippen molar-refractivity contribution in [2.45, 2.75) is 64.1 Å². The van der Waals surface area contributed by atoms with E-state index in [1.54, 1.807) is 6.07 Å². The molecule has 3 aromatic rings. The van der Waals surface area contributed by atoms with Crippen LogP contribution in [0.25, 0.3) is 0 Å². The van der Waals surface area contributed by atoms with Crippen LogP contribution >= 0.6 is 0 Å². The Balaban J connectivity index is 1.69. The van der Waals surface area contributed by atoms with Crippen LogP contribution in [0.2, 0.25) is 0 Å². The molecule has 0 aliphatic heterocycles. The van der Waals surface area contributed by atoms with E-state index in [1.165, 1.54) is 17.7 Å². The molecule has 0 spiro atoms. The molecule has 38 heavy (non-hydrogen) atoms. The van der Waals surface area contributed by atoms with Crippen molar-refractivity contribution >= 4 is 5.91 Å². The van der Waals surface area contributed by atoms with Crippen LogP contribution in [0.1, 0.15) is 58.8 Å². The molecule has 0 saturated carbocycles. The first-order valence-electron chi connectivity index (χ1n) is 13.3. The summed E-state index contributed by atoms with van der Waals surface area (Å²) in [5.74, 6) is -1.73. The number of rotatable bonds is 15. The van der Waals surface area contributed by atoms with Gasteiger partial charge in [0.1, 0.15) is 11.6 Å². The molecular formula is C32H38F2N2O2. The van der Waals surface area contributed by atoms with Crippen molar-refractivity contribution in [3.05, 3.63) is 119 Å². The van der Waals surface area contributed by atoms with Gasteiger partial charge in [-0.3, -0.25) is 4.79 Å². The second-order valence-corrected chi connectivity index (χ2v) is 9.67. The third-order valence-electron chi connectivity index (χ3n) is 6.55. The maximum atomic E-state index is 13.8. The molecule has 0 aromatic heterocycles. The average molecular weight is 521 g/mol.